The summed E-state index contributed by atoms with van der Waals surface area (Å²) in [6.45, 7) is 2.15. The van der Waals surface area contributed by atoms with Crippen LogP contribution in [0.5, 0.6) is 11.5 Å². The van der Waals surface area contributed by atoms with Crippen molar-refractivity contribution in [3.8, 4) is 11.5 Å². The molecule has 1 aliphatic heterocycles. The molecule has 2 amide bonds. The maximum absolute atomic E-state index is 12.6. The summed E-state index contributed by atoms with van der Waals surface area (Å²) in [5, 5.41) is 0. The molecule has 152 valence electrons. The van der Waals surface area contributed by atoms with E-state index in [1.807, 2.05) is 48.5 Å². The van der Waals surface area contributed by atoms with E-state index in [9.17, 15) is 9.59 Å². The summed E-state index contributed by atoms with van der Waals surface area (Å²) in [7, 11) is 3.16. The van der Waals surface area contributed by atoms with Crippen LogP contribution >= 0.6 is 0 Å². The lowest BCUT2D eigenvalue weighted by Gasteiger charge is -2.34. The van der Waals surface area contributed by atoms with E-state index in [2.05, 4.69) is 0 Å². The molecule has 6 heteroatoms. The fourth-order valence-electron chi connectivity index (χ4n) is 3.29. The first kappa shape index (κ1) is 20.5. The molecule has 2 aromatic carbocycles. The number of amides is 2. The van der Waals surface area contributed by atoms with Gasteiger partial charge in [-0.25, -0.2) is 0 Å². The highest BCUT2D eigenvalue weighted by Crippen LogP contribution is 2.27. The third-order valence-corrected chi connectivity index (χ3v) is 4.97. The zero-order valence-corrected chi connectivity index (χ0v) is 16.8. The summed E-state index contributed by atoms with van der Waals surface area (Å²) in [5.74, 6) is 1.27. The molecule has 29 heavy (non-hydrogen) atoms. The second-order valence-corrected chi connectivity index (χ2v) is 6.82. The number of rotatable bonds is 6. The molecular weight excluding hydrogens is 368 g/mol. The summed E-state index contributed by atoms with van der Waals surface area (Å²) < 4.78 is 10.5. The molecule has 1 aliphatic rings. The quantitative estimate of drug-likeness (QED) is 0.707. The molecule has 0 N–H and O–H groups in total. The summed E-state index contributed by atoms with van der Waals surface area (Å²) in [6, 6.07) is 15.2. The van der Waals surface area contributed by atoms with Gasteiger partial charge in [-0.3, -0.25) is 9.59 Å². The van der Waals surface area contributed by atoms with Crippen LogP contribution in [-0.4, -0.2) is 62.0 Å². The Bertz CT molecular complexity index is 872. The Kier molecular flexibility index (Phi) is 6.89. The smallest absolute Gasteiger partial charge is 0.246 e. The second-order valence-electron chi connectivity index (χ2n) is 6.82. The van der Waals surface area contributed by atoms with Gasteiger partial charge in [0.25, 0.3) is 0 Å². The van der Waals surface area contributed by atoms with Gasteiger partial charge in [0.2, 0.25) is 11.8 Å². The molecule has 0 unspecified atom stereocenters. The first-order valence-electron chi connectivity index (χ1n) is 9.61. The molecule has 0 atom stereocenters. The number of carbonyl (C=O) groups is 2. The fraction of sp³-hybridized carbons (Fsp3) is 0.304. The van der Waals surface area contributed by atoms with Gasteiger partial charge in [-0.2, -0.15) is 0 Å². The average Bonchev–Trinajstić information content (AvgIpc) is 2.78. The van der Waals surface area contributed by atoms with Gasteiger partial charge in [-0.05, 0) is 29.3 Å². The van der Waals surface area contributed by atoms with Gasteiger partial charge in [0.1, 0.15) is 0 Å². The summed E-state index contributed by atoms with van der Waals surface area (Å²) in [6.07, 6.45) is 3.70. The molecule has 0 spiro atoms. The van der Waals surface area contributed by atoms with E-state index >= 15 is 0 Å². The summed E-state index contributed by atoms with van der Waals surface area (Å²) >= 11 is 0. The van der Waals surface area contributed by atoms with Crippen LogP contribution in [-0.2, 0) is 16.0 Å². The Morgan fingerprint density at radius 1 is 0.897 bits per heavy atom. The average molecular weight is 394 g/mol. The lowest BCUT2D eigenvalue weighted by Crippen LogP contribution is -2.50. The standard InChI is InChI=1S/C23H26N2O4/c1-28-20-10-8-19(16-21(20)29-2)17-23(27)25-14-12-24(13-15-25)22(26)11-9-18-6-4-3-5-7-18/h3-11,16H,12-15,17H2,1-2H3/b11-9+. The van der Waals surface area contributed by atoms with Crippen molar-refractivity contribution in [2.24, 2.45) is 0 Å². The van der Waals surface area contributed by atoms with E-state index < -0.39 is 0 Å². The van der Waals surface area contributed by atoms with Gasteiger partial charge in [0.15, 0.2) is 11.5 Å². The van der Waals surface area contributed by atoms with Crippen LogP contribution in [0.4, 0.5) is 0 Å². The summed E-state index contributed by atoms with van der Waals surface area (Å²) in [4.78, 5) is 28.6. The monoisotopic (exact) mass is 394 g/mol. The maximum atomic E-state index is 12.6. The van der Waals surface area contributed by atoms with E-state index in [0.29, 0.717) is 44.1 Å². The van der Waals surface area contributed by atoms with Crippen LogP contribution in [0.15, 0.2) is 54.6 Å². The number of benzene rings is 2. The number of methoxy groups -OCH3 is 2. The van der Waals surface area contributed by atoms with Crippen LogP contribution in [0.1, 0.15) is 11.1 Å². The highest BCUT2D eigenvalue weighted by Gasteiger charge is 2.23. The Labute approximate surface area is 171 Å². The minimum atomic E-state index is -0.0270. The Hall–Kier alpha value is -3.28. The van der Waals surface area contributed by atoms with Crippen LogP contribution in [0, 0.1) is 0 Å². The highest BCUT2D eigenvalue weighted by atomic mass is 16.5. The van der Waals surface area contributed by atoms with Gasteiger partial charge < -0.3 is 19.3 Å². The van der Waals surface area contributed by atoms with Crippen LogP contribution < -0.4 is 9.47 Å². The van der Waals surface area contributed by atoms with Crippen molar-refractivity contribution in [3.05, 3.63) is 65.7 Å². The van der Waals surface area contributed by atoms with Crippen LogP contribution in [0.2, 0.25) is 0 Å². The molecule has 1 saturated heterocycles. The van der Waals surface area contributed by atoms with Gasteiger partial charge in [-0.1, -0.05) is 36.4 Å². The van der Waals surface area contributed by atoms with Gasteiger partial charge in [0, 0.05) is 32.3 Å². The molecule has 0 aromatic heterocycles. The van der Waals surface area contributed by atoms with Gasteiger partial charge in [0.05, 0.1) is 20.6 Å². The first-order chi connectivity index (χ1) is 14.1. The normalized spacial score (nSPS) is 14.1. The topological polar surface area (TPSA) is 59.1 Å². The molecule has 1 heterocycles. The van der Waals surface area contributed by atoms with E-state index in [0.717, 1.165) is 11.1 Å². The van der Waals surface area contributed by atoms with Crippen molar-refractivity contribution in [2.75, 3.05) is 40.4 Å². The third kappa shape index (κ3) is 5.38. The minimum Gasteiger partial charge on any atom is -0.493 e. The Morgan fingerprint density at radius 2 is 1.55 bits per heavy atom. The lowest BCUT2D eigenvalue weighted by molar-refractivity contribution is -0.136. The maximum Gasteiger partial charge on any atom is 0.246 e. The van der Waals surface area contributed by atoms with Crippen LogP contribution in [0.3, 0.4) is 0 Å². The number of piperazine rings is 1. The lowest BCUT2D eigenvalue weighted by atomic mass is 10.1. The van der Waals surface area contributed by atoms with Crippen molar-refractivity contribution in [1.82, 2.24) is 9.80 Å². The first-order valence-corrected chi connectivity index (χ1v) is 9.61. The predicted molar refractivity (Wildman–Crippen MR) is 112 cm³/mol. The number of carbonyl (C=O) groups excluding carboxylic acids is 2. The largest absolute Gasteiger partial charge is 0.493 e. The van der Waals surface area contributed by atoms with E-state index in [-0.39, 0.29) is 11.8 Å². The molecule has 0 aliphatic carbocycles. The van der Waals surface area contributed by atoms with Crippen molar-refractivity contribution in [2.45, 2.75) is 6.42 Å². The van der Waals surface area contributed by atoms with Gasteiger partial charge >= 0.3 is 0 Å². The number of hydrogen-bond acceptors (Lipinski definition) is 4. The molecule has 0 saturated carbocycles. The molecule has 6 nitrogen and oxygen atoms in total. The molecule has 2 aromatic rings. The minimum absolute atomic E-state index is 0.0270. The molecule has 3 rings (SSSR count). The summed E-state index contributed by atoms with van der Waals surface area (Å²) in [5.41, 5.74) is 1.86. The third-order valence-electron chi connectivity index (χ3n) is 4.97. The molecular formula is C23H26N2O4. The van der Waals surface area contributed by atoms with E-state index in [1.165, 1.54) is 0 Å². The zero-order chi connectivity index (χ0) is 20.6. The SMILES string of the molecule is COc1ccc(CC(=O)N2CCN(C(=O)/C=C/c3ccccc3)CC2)cc1OC. The Morgan fingerprint density at radius 3 is 2.21 bits per heavy atom. The van der Waals surface area contributed by atoms with Gasteiger partial charge in [-0.15, -0.1) is 0 Å². The van der Waals surface area contributed by atoms with Crippen molar-refractivity contribution in [3.63, 3.8) is 0 Å². The number of ether oxygens (including phenoxy) is 2. The second kappa shape index (κ2) is 9.78. The van der Waals surface area contributed by atoms with E-state index in [1.54, 1.807) is 36.2 Å². The Balaban J connectivity index is 1.51. The predicted octanol–water partition coefficient (Wildman–Crippen LogP) is 2.63. The number of nitrogens with zero attached hydrogens (tertiary/aromatic N) is 2. The fourth-order valence-corrected chi connectivity index (χ4v) is 3.29. The van der Waals surface area contributed by atoms with Crippen molar-refractivity contribution in [1.29, 1.82) is 0 Å². The van der Waals surface area contributed by atoms with Crippen molar-refractivity contribution >= 4 is 17.9 Å². The van der Waals surface area contributed by atoms with E-state index in [4.69, 9.17) is 9.47 Å². The van der Waals surface area contributed by atoms with Crippen LogP contribution in [0.25, 0.3) is 6.08 Å². The highest BCUT2D eigenvalue weighted by molar-refractivity contribution is 5.92. The zero-order valence-electron chi connectivity index (χ0n) is 16.8. The number of hydrogen-bond donors (Lipinski definition) is 0. The molecule has 1 fully saturated rings. The molecule has 0 radical (unpaired) electrons. The molecule has 0 bridgehead atoms. The van der Waals surface area contributed by atoms with Crippen molar-refractivity contribution < 1.29 is 19.1 Å².